The minimum atomic E-state index is -0.324. The van der Waals surface area contributed by atoms with Crippen molar-refractivity contribution in [3.05, 3.63) is 25.1 Å². The summed E-state index contributed by atoms with van der Waals surface area (Å²) in [4.78, 5) is 15.2. The molecule has 0 amide bonds. The molecule has 0 aromatic heterocycles. The lowest BCUT2D eigenvalue weighted by atomic mass is 10.2. The third-order valence-electron chi connectivity index (χ3n) is 2.69. The summed E-state index contributed by atoms with van der Waals surface area (Å²) in [6.07, 6.45) is 9.84. The number of ether oxygens (including phenoxy) is 1. The van der Waals surface area contributed by atoms with Crippen molar-refractivity contribution in [1.82, 2.24) is 9.80 Å². The highest BCUT2D eigenvalue weighted by molar-refractivity contribution is 5.85. The first-order valence-corrected chi connectivity index (χ1v) is 6.14. The van der Waals surface area contributed by atoms with Gasteiger partial charge >= 0.3 is 5.97 Å². The Labute approximate surface area is 116 Å². The fourth-order valence-corrected chi connectivity index (χ4v) is 1.74. The van der Waals surface area contributed by atoms with E-state index in [1.54, 1.807) is 0 Å². The topological polar surface area (TPSA) is 32.8 Å². The number of nitrogens with zero attached hydrogens (tertiary/aromatic N) is 2. The number of hydrogen-bond donors (Lipinski definition) is 0. The molecule has 0 aliphatic carbocycles. The standard InChI is InChI=1S/C13H22N2O2.ClH/c1-3-13(16)17-11-7-5-4-6-8-15-10-9-14(2)12-15;/h3,9-10H,1,4-8,11-12H2,2H3;1H. The summed E-state index contributed by atoms with van der Waals surface area (Å²) in [7, 11) is 2.07. The Morgan fingerprint density at radius 3 is 2.67 bits per heavy atom. The van der Waals surface area contributed by atoms with Crippen molar-refractivity contribution in [1.29, 1.82) is 0 Å². The molecule has 0 radical (unpaired) electrons. The van der Waals surface area contributed by atoms with Crippen molar-refractivity contribution < 1.29 is 9.53 Å². The number of unbranched alkanes of at least 4 members (excludes halogenated alkanes) is 3. The number of esters is 1. The number of halogens is 1. The second kappa shape index (κ2) is 9.83. The summed E-state index contributed by atoms with van der Waals surface area (Å²) in [5, 5.41) is 0. The average Bonchev–Trinajstić information content (AvgIpc) is 2.73. The fourth-order valence-electron chi connectivity index (χ4n) is 1.74. The van der Waals surface area contributed by atoms with E-state index < -0.39 is 0 Å². The highest BCUT2D eigenvalue weighted by Crippen LogP contribution is 2.07. The van der Waals surface area contributed by atoms with Crippen LogP contribution in [0.1, 0.15) is 25.7 Å². The molecule has 0 N–H and O–H groups in total. The van der Waals surface area contributed by atoms with Gasteiger partial charge in [-0.1, -0.05) is 13.0 Å². The van der Waals surface area contributed by atoms with E-state index in [2.05, 4.69) is 35.8 Å². The van der Waals surface area contributed by atoms with Crippen LogP contribution in [0.2, 0.25) is 0 Å². The summed E-state index contributed by atoms with van der Waals surface area (Å²) < 4.78 is 4.90. The van der Waals surface area contributed by atoms with Crippen molar-refractivity contribution in [3.63, 3.8) is 0 Å². The largest absolute Gasteiger partial charge is 0.463 e. The lowest BCUT2D eigenvalue weighted by molar-refractivity contribution is -0.137. The van der Waals surface area contributed by atoms with Gasteiger partial charge in [-0.2, -0.15) is 0 Å². The van der Waals surface area contributed by atoms with Gasteiger partial charge in [0.05, 0.1) is 13.3 Å². The van der Waals surface area contributed by atoms with Crippen molar-refractivity contribution in [3.8, 4) is 0 Å². The van der Waals surface area contributed by atoms with E-state index in [-0.39, 0.29) is 18.4 Å². The molecule has 0 aromatic rings. The number of carbonyl (C=O) groups is 1. The maximum atomic E-state index is 10.7. The summed E-state index contributed by atoms with van der Waals surface area (Å²) in [6, 6.07) is 0. The van der Waals surface area contributed by atoms with Crippen LogP contribution >= 0.6 is 12.4 Å². The molecular formula is C13H23ClN2O2. The molecule has 1 heterocycles. The summed E-state index contributed by atoms with van der Waals surface area (Å²) in [6.45, 7) is 5.96. The van der Waals surface area contributed by atoms with E-state index in [9.17, 15) is 4.79 Å². The van der Waals surface area contributed by atoms with Crippen LogP contribution in [-0.4, -0.2) is 42.6 Å². The molecule has 1 rings (SSSR count). The second-order valence-electron chi connectivity index (χ2n) is 4.29. The molecule has 0 saturated carbocycles. The van der Waals surface area contributed by atoms with E-state index in [1.807, 2.05) is 0 Å². The zero-order valence-electron chi connectivity index (χ0n) is 11.0. The van der Waals surface area contributed by atoms with Gasteiger partial charge < -0.3 is 14.5 Å². The molecule has 0 bridgehead atoms. The van der Waals surface area contributed by atoms with E-state index in [4.69, 9.17) is 4.74 Å². The number of carbonyl (C=O) groups excluding carboxylic acids is 1. The van der Waals surface area contributed by atoms with Gasteiger partial charge in [-0.15, -0.1) is 12.4 Å². The van der Waals surface area contributed by atoms with E-state index in [0.29, 0.717) is 6.61 Å². The third kappa shape index (κ3) is 7.22. The highest BCUT2D eigenvalue weighted by Gasteiger charge is 2.06. The van der Waals surface area contributed by atoms with Crippen LogP contribution in [0.3, 0.4) is 0 Å². The van der Waals surface area contributed by atoms with Crippen LogP contribution < -0.4 is 0 Å². The molecule has 5 heteroatoms. The molecule has 0 saturated heterocycles. The summed E-state index contributed by atoms with van der Waals surface area (Å²) in [5.74, 6) is -0.324. The van der Waals surface area contributed by atoms with E-state index in [0.717, 1.165) is 26.1 Å². The minimum Gasteiger partial charge on any atom is -0.463 e. The van der Waals surface area contributed by atoms with Gasteiger partial charge in [0, 0.05) is 32.1 Å². The second-order valence-corrected chi connectivity index (χ2v) is 4.29. The monoisotopic (exact) mass is 274 g/mol. The van der Waals surface area contributed by atoms with Gasteiger partial charge in [0.15, 0.2) is 0 Å². The Balaban J connectivity index is 0.00000289. The average molecular weight is 275 g/mol. The predicted molar refractivity (Wildman–Crippen MR) is 75.3 cm³/mol. The maximum absolute atomic E-state index is 10.7. The van der Waals surface area contributed by atoms with Crippen LogP contribution in [0.5, 0.6) is 0 Å². The van der Waals surface area contributed by atoms with Crippen LogP contribution in [0.25, 0.3) is 0 Å². The minimum absolute atomic E-state index is 0. The van der Waals surface area contributed by atoms with Crippen molar-refractivity contribution in [2.75, 3.05) is 26.9 Å². The quantitative estimate of drug-likeness (QED) is 0.387. The van der Waals surface area contributed by atoms with Gasteiger partial charge in [0.25, 0.3) is 0 Å². The summed E-state index contributed by atoms with van der Waals surface area (Å²) >= 11 is 0. The highest BCUT2D eigenvalue weighted by atomic mass is 35.5. The van der Waals surface area contributed by atoms with Crippen LogP contribution in [0.15, 0.2) is 25.1 Å². The molecule has 18 heavy (non-hydrogen) atoms. The lowest BCUT2D eigenvalue weighted by Gasteiger charge is -2.17. The van der Waals surface area contributed by atoms with Crippen LogP contribution in [0.4, 0.5) is 0 Å². The zero-order chi connectivity index (χ0) is 12.5. The lowest BCUT2D eigenvalue weighted by Crippen LogP contribution is -2.23. The predicted octanol–water partition coefficient (Wildman–Crippen LogP) is 2.37. The molecule has 0 unspecified atom stereocenters. The van der Waals surface area contributed by atoms with E-state index >= 15 is 0 Å². The van der Waals surface area contributed by atoms with Crippen LogP contribution in [-0.2, 0) is 9.53 Å². The van der Waals surface area contributed by atoms with Gasteiger partial charge in [0.1, 0.15) is 0 Å². The van der Waals surface area contributed by atoms with Crippen molar-refractivity contribution in [2.45, 2.75) is 25.7 Å². The Morgan fingerprint density at radius 2 is 2.06 bits per heavy atom. The molecule has 1 aliphatic rings. The molecule has 0 atom stereocenters. The molecule has 0 aromatic carbocycles. The van der Waals surface area contributed by atoms with E-state index in [1.165, 1.54) is 18.9 Å². The Hall–Kier alpha value is -1.16. The van der Waals surface area contributed by atoms with Crippen molar-refractivity contribution >= 4 is 18.4 Å². The number of rotatable bonds is 8. The van der Waals surface area contributed by atoms with Crippen LogP contribution in [0, 0.1) is 0 Å². The SMILES string of the molecule is C=CC(=O)OCCCCCCN1C=CN(C)C1.Cl. The first-order chi connectivity index (χ1) is 8.22. The first kappa shape index (κ1) is 16.8. The van der Waals surface area contributed by atoms with Gasteiger partial charge in [-0.05, 0) is 19.3 Å². The number of hydrogen-bond acceptors (Lipinski definition) is 4. The Bertz CT molecular complexity index is 282. The Morgan fingerprint density at radius 1 is 1.33 bits per heavy atom. The molecule has 0 fully saturated rings. The third-order valence-corrected chi connectivity index (χ3v) is 2.69. The molecule has 1 aliphatic heterocycles. The smallest absolute Gasteiger partial charge is 0.330 e. The van der Waals surface area contributed by atoms with Crippen molar-refractivity contribution in [2.24, 2.45) is 0 Å². The molecular weight excluding hydrogens is 252 g/mol. The molecule has 0 spiro atoms. The molecule has 104 valence electrons. The Kier molecular flexibility index (Phi) is 9.19. The first-order valence-electron chi connectivity index (χ1n) is 6.14. The van der Waals surface area contributed by atoms with Gasteiger partial charge in [-0.25, -0.2) is 4.79 Å². The normalized spacial score (nSPS) is 13.4. The maximum Gasteiger partial charge on any atom is 0.330 e. The van der Waals surface area contributed by atoms with Gasteiger partial charge in [-0.3, -0.25) is 0 Å². The zero-order valence-corrected chi connectivity index (χ0v) is 11.8. The molecule has 4 nitrogen and oxygen atoms in total. The van der Waals surface area contributed by atoms with Gasteiger partial charge in [0.2, 0.25) is 0 Å². The summed E-state index contributed by atoms with van der Waals surface area (Å²) in [5.41, 5.74) is 0. The fraction of sp³-hybridized carbons (Fsp3) is 0.615.